The highest BCUT2D eigenvalue weighted by atomic mass is 28.4. The molecule has 0 aliphatic heterocycles. The van der Waals surface area contributed by atoms with Crippen LogP contribution in [0.1, 0.15) is 11.3 Å². The van der Waals surface area contributed by atoms with E-state index >= 15 is 0 Å². The van der Waals surface area contributed by atoms with Crippen molar-refractivity contribution in [3.05, 3.63) is 35.9 Å². The lowest BCUT2D eigenvalue weighted by Crippen LogP contribution is -2.50. The van der Waals surface area contributed by atoms with Gasteiger partial charge in [0.05, 0.1) is 0 Å². The van der Waals surface area contributed by atoms with Gasteiger partial charge in [0.2, 0.25) is 0 Å². The van der Waals surface area contributed by atoms with Gasteiger partial charge in [0, 0.05) is 28.4 Å². The summed E-state index contributed by atoms with van der Waals surface area (Å²) >= 11 is 0. The minimum absolute atomic E-state index is 0.311. The van der Waals surface area contributed by atoms with Crippen LogP contribution in [0.2, 0.25) is 0 Å². The first-order valence-corrected chi connectivity index (χ1v) is 6.77. The van der Waals surface area contributed by atoms with Crippen LogP contribution >= 0.6 is 0 Å². The van der Waals surface area contributed by atoms with E-state index < -0.39 is 8.80 Å². The summed E-state index contributed by atoms with van der Waals surface area (Å²) in [5.41, 5.74) is 0.677. The van der Waals surface area contributed by atoms with Crippen LogP contribution in [0.5, 0.6) is 0 Å². The van der Waals surface area contributed by atoms with E-state index in [-0.39, 0.29) is 5.73 Å². The molecule has 0 aliphatic rings. The fourth-order valence-corrected chi connectivity index (χ4v) is 3.72. The van der Waals surface area contributed by atoms with Gasteiger partial charge in [-0.25, -0.2) is 0 Å². The lowest BCUT2D eigenvalue weighted by atomic mass is 10.2. The first-order valence-electron chi connectivity index (χ1n) is 4.97. The van der Waals surface area contributed by atoms with Gasteiger partial charge >= 0.3 is 8.80 Å². The Morgan fingerprint density at radius 3 is 1.75 bits per heavy atom. The molecule has 0 bridgehead atoms. The first kappa shape index (κ1) is 13.3. The molecule has 0 heterocycles. The van der Waals surface area contributed by atoms with Crippen molar-refractivity contribution >= 4 is 8.80 Å². The summed E-state index contributed by atoms with van der Waals surface area (Å²) in [7, 11) is 3.54. The maximum absolute atomic E-state index is 5.46. The number of hydrogen-bond acceptors (Lipinski definition) is 4. The van der Waals surface area contributed by atoms with Gasteiger partial charge in [-0.1, -0.05) is 30.3 Å². The molecule has 1 unspecified atom stereocenters. The van der Waals surface area contributed by atoms with Gasteiger partial charge in [0.25, 0.3) is 0 Å². The van der Waals surface area contributed by atoms with Gasteiger partial charge in [-0.2, -0.15) is 0 Å². The average Bonchev–Trinajstić information content (AvgIpc) is 2.37. The van der Waals surface area contributed by atoms with Crippen LogP contribution in [-0.4, -0.2) is 37.2 Å². The van der Waals surface area contributed by atoms with Crippen molar-refractivity contribution in [3.8, 4) is 0 Å². The molecule has 4 nitrogen and oxygen atoms in total. The van der Waals surface area contributed by atoms with Crippen molar-refractivity contribution in [2.45, 2.75) is 5.73 Å². The van der Waals surface area contributed by atoms with Gasteiger partial charge in [0.15, 0.2) is 5.73 Å². The third-order valence-corrected chi connectivity index (χ3v) is 5.43. The third-order valence-electron chi connectivity index (χ3n) is 2.51. The van der Waals surface area contributed by atoms with Crippen LogP contribution < -0.4 is 0 Å². The van der Waals surface area contributed by atoms with Gasteiger partial charge in [0.1, 0.15) is 0 Å². The summed E-state index contributed by atoms with van der Waals surface area (Å²) in [4.78, 5) is 0. The van der Waals surface area contributed by atoms with E-state index in [0.717, 1.165) is 5.56 Å². The van der Waals surface area contributed by atoms with Gasteiger partial charge in [-0.05, 0) is 5.56 Å². The Balaban J connectivity index is 3.05. The molecule has 1 rings (SSSR count). The van der Waals surface area contributed by atoms with E-state index in [9.17, 15) is 0 Å². The Morgan fingerprint density at radius 1 is 0.875 bits per heavy atom. The van der Waals surface area contributed by atoms with Crippen LogP contribution in [-0.2, 0) is 18.0 Å². The topological polar surface area (TPSA) is 36.9 Å². The largest absolute Gasteiger partial charge is 0.535 e. The Hall–Kier alpha value is -0.723. The Morgan fingerprint density at radius 2 is 1.38 bits per heavy atom. The molecule has 90 valence electrons. The number of ether oxygens (including phenoxy) is 1. The van der Waals surface area contributed by atoms with E-state index in [4.69, 9.17) is 18.0 Å². The highest BCUT2D eigenvalue weighted by Gasteiger charge is 2.49. The van der Waals surface area contributed by atoms with Crippen molar-refractivity contribution in [3.63, 3.8) is 0 Å². The average molecular weight is 242 g/mol. The molecular formula is C11H18O4Si. The summed E-state index contributed by atoms with van der Waals surface area (Å²) in [6, 6.07) is 9.77. The van der Waals surface area contributed by atoms with Crippen LogP contribution in [0.4, 0.5) is 0 Å². The maximum Gasteiger partial charge on any atom is 0.535 e. The third kappa shape index (κ3) is 2.50. The lowest BCUT2D eigenvalue weighted by molar-refractivity contribution is 0.0353. The van der Waals surface area contributed by atoms with Gasteiger partial charge < -0.3 is 18.0 Å². The highest BCUT2D eigenvalue weighted by Crippen LogP contribution is 2.29. The zero-order valence-corrected chi connectivity index (χ0v) is 11.1. The van der Waals surface area contributed by atoms with Crippen molar-refractivity contribution in [2.75, 3.05) is 28.4 Å². The molecule has 0 amide bonds. The predicted molar refractivity (Wildman–Crippen MR) is 63.0 cm³/mol. The molecule has 0 saturated carbocycles. The van der Waals surface area contributed by atoms with E-state index in [1.165, 1.54) is 0 Å². The predicted octanol–water partition coefficient (Wildman–Crippen LogP) is 1.79. The van der Waals surface area contributed by atoms with Crippen molar-refractivity contribution in [1.29, 1.82) is 0 Å². The van der Waals surface area contributed by atoms with Crippen LogP contribution in [0.25, 0.3) is 0 Å². The molecule has 5 heteroatoms. The molecule has 16 heavy (non-hydrogen) atoms. The quantitative estimate of drug-likeness (QED) is 0.713. The Kier molecular flexibility index (Phi) is 5.10. The maximum atomic E-state index is 5.46. The Labute approximate surface area is 97.5 Å². The molecule has 0 spiro atoms. The number of rotatable bonds is 6. The van der Waals surface area contributed by atoms with Crippen LogP contribution in [0.3, 0.4) is 0 Å². The zero-order valence-electron chi connectivity index (χ0n) is 10.1. The monoisotopic (exact) mass is 242 g/mol. The zero-order chi connectivity index (χ0) is 12.0. The smallest absolute Gasteiger partial charge is 0.375 e. The fraction of sp³-hybridized carbons (Fsp3) is 0.455. The summed E-state index contributed by atoms with van der Waals surface area (Å²) < 4.78 is 21.7. The second-order valence-electron chi connectivity index (χ2n) is 3.24. The SMILES string of the molecule is COC(c1ccccc1)[Si](OC)(OC)OC. The second kappa shape index (κ2) is 6.12. The second-order valence-corrected chi connectivity index (χ2v) is 6.20. The summed E-state index contributed by atoms with van der Waals surface area (Å²) in [6.45, 7) is 0. The number of hydrogen-bond donors (Lipinski definition) is 0. The van der Waals surface area contributed by atoms with E-state index in [1.807, 2.05) is 30.3 Å². The number of methoxy groups -OCH3 is 1. The van der Waals surface area contributed by atoms with Crippen molar-refractivity contribution in [2.24, 2.45) is 0 Å². The molecule has 1 atom stereocenters. The Bertz CT molecular complexity index is 292. The molecular weight excluding hydrogens is 224 g/mol. The summed E-state index contributed by atoms with van der Waals surface area (Å²) in [5, 5.41) is 0. The van der Waals surface area contributed by atoms with Crippen molar-refractivity contribution in [1.82, 2.24) is 0 Å². The molecule has 0 fully saturated rings. The number of benzene rings is 1. The van der Waals surface area contributed by atoms with Crippen molar-refractivity contribution < 1.29 is 18.0 Å². The van der Waals surface area contributed by atoms with E-state index in [0.29, 0.717) is 0 Å². The normalized spacial score (nSPS) is 13.8. The van der Waals surface area contributed by atoms with Crippen LogP contribution in [0.15, 0.2) is 30.3 Å². The minimum atomic E-state index is -2.81. The van der Waals surface area contributed by atoms with Crippen LogP contribution in [0, 0.1) is 0 Å². The molecule has 0 aromatic heterocycles. The molecule has 1 aromatic carbocycles. The molecule has 0 saturated heterocycles. The summed E-state index contributed by atoms with van der Waals surface area (Å²) in [6.07, 6.45) is 0. The van der Waals surface area contributed by atoms with E-state index in [1.54, 1.807) is 28.4 Å². The standard InChI is InChI=1S/C11H18O4Si/c1-12-11(10-8-6-5-7-9-10)16(13-2,14-3)15-4/h5-9,11H,1-4H3. The highest BCUT2D eigenvalue weighted by molar-refractivity contribution is 6.61. The molecule has 1 aromatic rings. The molecule has 0 radical (unpaired) electrons. The first-order chi connectivity index (χ1) is 7.74. The lowest BCUT2D eigenvalue weighted by Gasteiger charge is -2.31. The molecule has 0 aliphatic carbocycles. The van der Waals surface area contributed by atoms with Gasteiger partial charge in [-0.15, -0.1) is 0 Å². The van der Waals surface area contributed by atoms with Gasteiger partial charge in [-0.3, -0.25) is 0 Å². The minimum Gasteiger partial charge on any atom is -0.375 e. The summed E-state index contributed by atoms with van der Waals surface area (Å²) in [5.74, 6) is 0. The fourth-order valence-electron chi connectivity index (χ4n) is 1.68. The van der Waals surface area contributed by atoms with E-state index in [2.05, 4.69) is 0 Å². The molecule has 0 N–H and O–H groups in total.